The van der Waals surface area contributed by atoms with Gasteiger partial charge in [0.1, 0.15) is 12.2 Å². The van der Waals surface area contributed by atoms with E-state index in [2.05, 4.69) is 10.5 Å². The van der Waals surface area contributed by atoms with E-state index in [0.717, 1.165) is 11.6 Å². The zero-order valence-electron chi connectivity index (χ0n) is 21.6. The molecule has 0 heterocycles. The van der Waals surface area contributed by atoms with E-state index < -0.39 is 44.0 Å². The summed E-state index contributed by atoms with van der Waals surface area (Å²) in [6, 6.07) is 14.3. The van der Waals surface area contributed by atoms with E-state index in [9.17, 15) is 31.5 Å². The summed E-state index contributed by atoms with van der Waals surface area (Å²) in [5.74, 6) is -6.29. The molecule has 0 spiro atoms. The van der Waals surface area contributed by atoms with Gasteiger partial charge in [-0.25, -0.2) is 21.6 Å². The number of aliphatic hydroxyl groups is 1. The van der Waals surface area contributed by atoms with E-state index in [1.807, 2.05) is 30.3 Å². The Balaban J connectivity index is 1.31. The number of amides is 1. The van der Waals surface area contributed by atoms with Crippen LogP contribution in [0.5, 0.6) is 0 Å². The topological polar surface area (TPSA) is 105 Å². The Labute approximate surface area is 239 Å². The minimum Gasteiger partial charge on any atom is -0.391 e. The van der Waals surface area contributed by atoms with E-state index in [1.54, 1.807) is 0 Å². The number of nitrogens with one attached hydrogen (secondary N) is 1. The molecule has 0 saturated heterocycles. The summed E-state index contributed by atoms with van der Waals surface area (Å²) in [7, 11) is -4.06. The minimum atomic E-state index is -4.06. The Kier molecular flexibility index (Phi) is 8.13. The highest BCUT2D eigenvalue weighted by Crippen LogP contribution is 2.51. The second kappa shape index (κ2) is 11.5. The van der Waals surface area contributed by atoms with Crippen molar-refractivity contribution in [2.75, 3.05) is 5.32 Å². The van der Waals surface area contributed by atoms with Crippen LogP contribution in [0.4, 0.5) is 18.9 Å². The van der Waals surface area contributed by atoms with Gasteiger partial charge in [0.05, 0.1) is 21.4 Å². The number of oxime groups is 1. The quantitative estimate of drug-likeness (QED) is 0.189. The van der Waals surface area contributed by atoms with Crippen LogP contribution in [0.25, 0.3) is 0 Å². The summed E-state index contributed by atoms with van der Waals surface area (Å²) < 4.78 is 68.1. The van der Waals surface area contributed by atoms with Gasteiger partial charge in [-0.3, -0.25) is 4.79 Å². The molecule has 0 radical (unpaired) electrons. The lowest BCUT2D eigenvalue weighted by molar-refractivity contribution is 0.0411. The summed E-state index contributed by atoms with van der Waals surface area (Å²) in [5.41, 5.74) is -0.888. The van der Waals surface area contributed by atoms with Gasteiger partial charge in [-0.15, -0.1) is 0 Å². The number of nitrogens with zero attached hydrogens (tertiary/aromatic N) is 1. The average Bonchev–Trinajstić information content (AvgIpc) is 3.23. The molecule has 1 unspecified atom stereocenters. The molecule has 2 aliphatic carbocycles. The molecule has 0 aliphatic heterocycles. The van der Waals surface area contributed by atoms with Crippen molar-refractivity contribution in [3.63, 3.8) is 0 Å². The molecule has 5 rings (SSSR count). The van der Waals surface area contributed by atoms with Crippen molar-refractivity contribution in [3.05, 3.63) is 94.3 Å². The Morgan fingerprint density at radius 1 is 1.05 bits per heavy atom. The smallest absolute Gasteiger partial charge is 0.255 e. The third kappa shape index (κ3) is 6.12. The number of hydrogen-bond acceptors (Lipinski definition) is 6. The van der Waals surface area contributed by atoms with Crippen LogP contribution in [0.15, 0.2) is 70.7 Å². The number of hydrogen-bond donors (Lipinski definition) is 2. The van der Waals surface area contributed by atoms with E-state index >= 15 is 0 Å². The van der Waals surface area contributed by atoms with Gasteiger partial charge in [0.2, 0.25) is 0 Å². The number of halogens is 4. The van der Waals surface area contributed by atoms with Crippen molar-refractivity contribution in [3.8, 4) is 0 Å². The molecule has 12 heteroatoms. The van der Waals surface area contributed by atoms with Gasteiger partial charge in [0.15, 0.2) is 27.3 Å². The van der Waals surface area contributed by atoms with Gasteiger partial charge in [0, 0.05) is 23.4 Å². The molecule has 216 valence electrons. The molecule has 4 atom stereocenters. The maximum atomic E-state index is 13.9. The van der Waals surface area contributed by atoms with Gasteiger partial charge < -0.3 is 15.3 Å². The van der Waals surface area contributed by atoms with Crippen LogP contribution in [-0.2, 0) is 21.3 Å². The number of rotatable bonds is 8. The van der Waals surface area contributed by atoms with Crippen molar-refractivity contribution in [1.29, 1.82) is 0 Å². The zero-order chi connectivity index (χ0) is 29.4. The van der Waals surface area contributed by atoms with Crippen LogP contribution in [0.1, 0.15) is 41.6 Å². The number of fused-ring (bicyclic) bond motifs is 2. The maximum absolute atomic E-state index is 13.9. The molecule has 2 bridgehead atoms. The largest absolute Gasteiger partial charge is 0.391 e. The van der Waals surface area contributed by atoms with Crippen LogP contribution in [-0.4, -0.2) is 36.5 Å². The third-order valence-electron chi connectivity index (χ3n) is 7.61. The maximum Gasteiger partial charge on any atom is 0.255 e. The van der Waals surface area contributed by atoms with E-state index in [1.165, 1.54) is 18.3 Å². The first-order chi connectivity index (χ1) is 19.5. The van der Waals surface area contributed by atoms with Crippen LogP contribution in [0, 0.1) is 29.3 Å². The van der Waals surface area contributed by atoms with Crippen molar-refractivity contribution in [2.24, 2.45) is 17.0 Å². The van der Waals surface area contributed by atoms with E-state index in [0.29, 0.717) is 25.0 Å². The summed E-state index contributed by atoms with van der Waals surface area (Å²) in [6.07, 6.45) is 2.81. The standard InChI is InChI=1S/C29H26ClF3N2O5S/c30-22-9-8-18(28(36)35-21-11-23(31)26(33)24(32)12-21)10-25(22)41(38,39)27-19-6-7-20(27)14-29(37,13-19)16-34-40-15-17-4-2-1-3-5-17/h1-5,8-12,16,19-20,27,37H,6-7,13-15H2,(H,35,36)/b34-16+/t19-,20?,27+,29+/m0/s1. The predicted molar refractivity (Wildman–Crippen MR) is 147 cm³/mol. The fourth-order valence-corrected chi connectivity index (χ4v) is 8.69. The van der Waals surface area contributed by atoms with Crippen molar-refractivity contribution < 1.29 is 36.3 Å². The van der Waals surface area contributed by atoms with Crippen LogP contribution in [0.2, 0.25) is 5.02 Å². The van der Waals surface area contributed by atoms with Crippen molar-refractivity contribution >= 4 is 39.2 Å². The molecular formula is C29H26ClF3N2O5S. The second-order valence-electron chi connectivity index (χ2n) is 10.5. The van der Waals surface area contributed by atoms with Gasteiger partial charge in [-0.1, -0.05) is 47.1 Å². The average molecular weight is 607 g/mol. The first-order valence-corrected chi connectivity index (χ1v) is 14.8. The highest BCUT2D eigenvalue weighted by atomic mass is 35.5. The lowest BCUT2D eigenvalue weighted by Gasteiger charge is -2.38. The molecule has 1 amide bonds. The molecular weight excluding hydrogens is 581 g/mol. The van der Waals surface area contributed by atoms with Crippen LogP contribution in [0.3, 0.4) is 0 Å². The van der Waals surface area contributed by atoms with Gasteiger partial charge in [0.25, 0.3) is 5.91 Å². The molecule has 7 nitrogen and oxygen atoms in total. The van der Waals surface area contributed by atoms with Crippen molar-refractivity contribution in [2.45, 2.75) is 48.0 Å². The van der Waals surface area contributed by atoms with Gasteiger partial charge >= 0.3 is 0 Å². The Morgan fingerprint density at radius 2 is 1.68 bits per heavy atom. The SMILES string of the molecule is O=C(Nc1cc(F)c(F)c(F)c1)c1ccc(Cl)c(S(=O)(=O)[C@H]2C3CC[C@H]2C[C@](O)(/C=N/OCc2ccccc2)C3)c1. The number of carbonyl (C=O) groups excluding carboxylic acids is 1. The Bertz CT molecular complexity index is 1570. The lowest BCUT2D eigenvalue weighted by atomic mass is 9.78. The number of carbonyl (C=O) groups is 1. The van der Waals surface area contributed by atoms with Gasteiger partial charge in [-0.05, 0) is 61.3 Å². The second-order valence-corrected chi connectivity index (χ2v) is 12.9. The number of benzene rings is 3. The molecule has 3 aromatic carbocycles. The molecule has 2 aliphatic rings. The molecule has 2 saturated carbocycles. The monoisotopic (exact) mass is 606 g/mol. The summed E-state index contributed by atoms with van der Waals surface area (Å²) >= 11 is 6.29. The first-order valence-electron chi connectivity index (χ1n) is 12.9. The molecule has 2 N–H and O–H groups in total. The van der Waals surface area contributed by atoms with Crippen LogP contribution >= 0.6 is 11.6 Å². The molecule has 0 aromatic heterocycles. The molecule has 3 aromatic rings. The summed E-state index contributed by atoms with van der Waals surface area (Å²) in [6.45, 7) is 0.227. The third-order valence-corrected chi connectivity index (χ3v) is 10.5. The van der Waals surface area contributed by atoms with Crippen LogP contribution < -0.4 is 5.32 Å². The number of anilines is 1. The Hall–Kier alpha value is -3.41. The first kappa shape index (κ1) is 29.1. The normalized spacial score (nSPS) is 24.0. The molecule has 2 fully saturated rings. The van der Waals surface area contributed by atoms with Crippen molar-refractivity contribution in [1.82, 2.24) is 0 Å². The lowest BCUT2D eigenvalue weighted by Crippen LogP contribution is -2.47. The van der Waals surface area contributed by atoms with Gasteiger partial charge in [-0.2, -0.15) is 0 Å². The summed E-state index contributed by atoms with van der Waals surface area (Å²) in [4.78, 5) is 17.9. The highest BCUT2D eigenvalue weighted by molar-refractivity contribution is 7.92. The fraction of sp³-hybridized carbons (Fsp3) is 0.310. The molecule has 41 heavy (non-hydrogen) atoms. The minimum absolute atomic E-state index is 0.0865. The number of sulfone groups is 1. The predicted octanol–water partition coefficient (Wildman–Crippen LogP) is 5.91. The fourth-order valence-electron chi connectivity index (χ4n) is 5.84. The van der Waals surface area contributed by atoms with E-state index in [-0.39, 0.29) is 52.5 Å². The Morgan fingerprint density at radius 3 is 2.32 bits per heavy atom. The zero-order valence-corrected chi connectivity index (χ0v) is 23.1. The summed E-state index contributed by atoms with van der Waals surface area (Å²) in [5, 5.41) is 16.4. The van der Waals surface area contributed by atoms with E-state index in [4.69, 9.17) is 16.4 Å². The highest BCUT2D eigenvalue weighted by Gasteiger charge is 2.54.